The maximum Gasteiger partial charge on any atom is 0.271 e. The van der Waals surface area contributed by atoms with Gasteiger partial charge in [0.15, 0.2) is 4.80 Å². The number of carbonyl (C=O) groups is 1. The number of hydrogen-bond donors (Lipinski definition) is 1. The van der Waals surface area contributed by atoms with E-state index >= 15 is 0 Å². The quantitative estimate of drug-likeness (QED) is 0.329. The highest BCUT2D eigenvalue weighted by Crippen LogP contribution is 2.32. The normalized spacial score (nSPS) is 15.2. The molecule has 1 aliphatic heterocycles. The van der Waals surface area contributed by atoms with Crippen LogP contribution in [0.5, 0.6) is 5.75 Å². The molecule has 8 heteroatoms. The van der Waals surface area contributed by atoms with Crippen molar-refractivity contribution in [2.75, 3.05) is 12.4 Å². The molecule has 40 heavy (non-hydrogen) atoms. The summed E-state index contributed by atoms with van der Waals surface area (Å²) in [6.07, 6.45) is 4.01. The number of carbonyl (C=O) groups excluding carboxylic acids is 1. The van der Waals surface area contributed by atoms with Crippen LogP contribution in [0.2, 0.25) is 0 Å². The SMILES string of the molecule is CCn1cc(/C=c2\sc3n(c2=O)[C@@H](c2cccc(OC)c2)C(C(=O)Nc2ccccc2)=C(C)N=3)c2ccccc21. The highest BCUT2D eigenvalue weighted by molar-refractivity contribution is 7.07. The number of para-hydroxylation sites is 2. The molecule has 1 atom stereocenters. The van der Waals surface area contributed by atoms with Gasteiger partial charge < -0.3 is 14.6 Å². The minimum atomic E-state index is -0.672. The molecule has 0 fully saturated rings. The van der Waals surface area contributed by atoms with Crippen LogP contribution in [0.15, 0.2) is 106 Å². The zero-order valence-electron chi connectivity index (χ0n) is 22.4. The highest BCUT2D eigenvalue weighted by Gasteiger charge is 2.32. The Labute approximate surface area is 235 Å². The van der Waals surface area contributed by atoms with E-state index in [9.17, 15) is 9.59 Å². The first-order valence-electron chi connectivity index (χ1n) is 13.1. The zero-order chi connectivity index (χ0) is 27.8. The molecule has 0 spiro atoms. The van der Waals surface area contributed by atoms with Gasteiger partial charge in [-0.3, -0.25) is 14.2 Å². The van der Waals surface area contributed by atoms with Gasteiger partial charge in [-0.25, -0.2) is 4.99 Å². The van der Waals surface area contributed by atoms with Crippen molar-refractivity contribution in [2.24, 2.45) is 4.99 Å². The molecule has 0 aliphatic carbocycles. The minimum absolute atomic E-state index is 0.192. The van der Waals surface area contributed by atoms with Crippen LogP contribution in [0, 0.1) is 0 Å². The van der Waals surface area contributed by atoms with Crippen LogP contribution in [0.25, 0.3) is 17.0 Å². The van der Waals surface area contributed by atoms with Gasteiger partial charge in [-0.1, -0.05) is 59.9 Å². The predicted molar refractivity (Wildman–Crippen MR) is 159 cm³/mol. The number of benzene rings is 3. The number of fused-ring (bicyclic) bond motifs is 2. The van der Waals surface area contributed by atoms with Crippen LogP contribution >= 0.6 is 11.3 Å². The molecule has 200 valence electrons. The highest BCUT2D eigenvalue weighted by atomic mass is 32.1. The average Bonchev–Trinajstić information content (AvgIpc) is 3.49. The van der Waals surface area contributed by atoms with Crippen molar-refractivity contribution in [3.63, 3.8) is 0 Å². The molecule has 3 heterocycles. The third-order valence-corrected chi connectivity index (χ3v) is 8.14. The molecule has 6 rings (SSSR count). The molecule has 7 nitrogen and oxygen atoms in total. The maximum atomic E-state index is 14.1. The zero-order valence-corrected chi connectivity index (χ0v) is 23.2. The topological polar surface area (TPSA) is 77.6 Å². The monoisotopic (exact) mass is 548 g/mol. The average molecular weight is 549 g/mol. The molecule has 5 aromatic rings. The number of allylic oxidation sites excluding steroid dienone is 1. The smallest absolute Gasteiger partial charge is 0.271 e. The van der Waals surface area contributed by atoms with Gasteiger partial charge in [-0.15, -0.1) is 0 Å². The number of methoxy groups -OCH3 is 1. The van der Waals surface area contributed by atoms with Crippen LogP contribution in [-0.2, 0) is 11.3 Å². The van der Waals surface area contributed by atoms with Gasteiger partial charge >= 0.3 is 0 Å². The summed E-state index contributed by atoms with van der Waals surface area (Å²) >= 11 is 1.33. The summed E-state index contributed by atoms with van der Waals surface area (Å²) in [5.41, 5.74) is 4.31. The fourth-order valence-corrected chi connectivity index (χ4v) is 6.29. The minimum Gasteiger partial charge on any atom is -0.497 e. The van der Waals surface area contributed by atoms with Crippen LogP contribution < -0.4 is 24.9 Å². The van der Waals surface area contributed by atoms with Crippen LogP contribution in [0.3, 0.4) is 0 Å². The summed E-state index contributed by atoms with van der Waals surface area (Å²) in [5.74, 6) is 0.338. The first kappa shape index (κ1) is 25.6. The molecule has 0 bridgehead atoms. The lowest BCUT2D eigenvalue weighted by atomic mass is 9.95. The summed E-state index contributed by atoms with van der Waals surface area (Å²) in [6, 6.07) is 24.3. The van der Waals surface area contributed by atoms with E-state index in [0.29, 0.717) is 32.0 Å². The second kappa shape index (κ2) is 10.5. The van der Waals surface area contributed by atoms with E-state index in [4.69, 9.17) is 9.73 Å². The van der Waals surface area contributed by atoms with Crippen LogP contribution in [0.1, 0.15) is 31.0 Å². The van der Waals surface area contributed by atoms with Crippen molar-refractivity contribution in [2.45, 2.75) is 26.4 Å². The predicted octanol–water partition coefficient (Wildman–Crippen LogP) is 4.86. The number of ether oxygens (including phenoxy) is 1. The molecule has 2 aromatic heterocycles. The summed E-state index contributed by atoms with van der Waals surface area (Å²) < 4.78 is 9.86. The van der Waals surface area contributed by atoms with Gasteiger partial charge in [0.2, 0.25) is 0 Å². The summed E-state index contributed by atoms with van der Waals surface area (Å²) in [4.78, 5) is 33.1. The molecule has 1 amide bonds. The molecule has 0 saturated heterocycles. The van der Waals surface area contributed by atoms with Gasteiger partial charge in [-0.05, 0) is 55.8 Å². The third kappa shape index (κ3) is 4.46. The Morgan fingerprint density at radius 1 is 1.07 bits per heavy atom. The van der Waals surface area contributed by atoms with E-state index < -0.39 is 6.04 Å². The van der Waals surface area contributed by atoms with E-state index in [1.807, 2.05) is 79.7 Å². The third-order valence-electron chi connectivity index (χ3n) is 7.15. The Kier molecular flexibility index (Phi) is 6.69. The first-order valence-corrected chi connectivity index (χ1v) is 13.9. The number of anilines is 1. The number of amides is 1. The number of hydrogen-bond acceptors (Lipinski definition) is 5. The van der Waals surface area contributed by atoms with Gasteiger partial charge in [-0.2, -0.15) is 0 Å². The Bertz CT molecular complexity index is 1960. The van der Waals surface area contributed by atoms with Gasteiger partial charge in [0.1, 0.15) is 5.75 Å². The molecule has 0 radical (unpaired) electrons. The molecule has 0 saturated carbocycles. The number of rotatable bonds is 6. The first-order chi connectivity index (χ1) is 19.5. The molecule has 1 aliphatic rings. The van der Waals surface area contributed by atoms with E-state index in [1.165, 1.54) is 11.3 Å². The van der Waals surface area contributed by atoms with Gasteiger partial charge in [0, 0.05) is 34.9 Å². The van der Waals surface area contributed by atoms with Crippen LogP contribution in [-0.4, -0.2) is 22.2 Å². The van der Waals surface area contributed by atoms with Crippen molar-refractivity contribution in [1.29, 1.82) is 0 Å². The number of nitrogens with zero attached hydrogens (tertiary/aromatic N) is 3. The maximum absolute atomic E-state index is 14.1. The fraction of sp³-hybridized carbons (Fsp3) is 0.156. The van der Waals surface area contributed by atoms with E-state index in [0.717, 1.165) is 28.6 Å². The number of nitrogens with one attached hydrogen (secondary N) is 1. The van der Waals surface area contributed by atoms with Crippen molar-refractivity contribution in [3.05, 3.63) is 127 Å². The molecular formula is C32H28N4O3S. The second-order valence-electron chi connectivity index (χ2n) is 9.57. The Morgan fingerprint density at radius 2 is 1.85 bits per heavy atom. The van der Waals surface area contributed by atoms with Crippen molar-refractivity contribution >= 4 is 39.9 Å². The Hall–Kier alpha value is -4.69. The molecule has 3 aromatic carbocycles. The largest absolute Gasteiger partial charge is 0.497 e. The van der Waals surface area contributed by atoms with Crippen molar-refractivity contribution in [1.82, 2.24) is 9.13 Å². The molecular weight excluding hydrogens is 520 g/mol. The van der Waals surface area contributed by atoms with Crippen molar-refractivity contribution < 1.29 is 9.53 Å². The number of thiazole rings is 1. The second-order valence-corrected chi connectivity index (χ2v) is 10.6. The number of aromatic nitrogens is 2. The van der Waals surface area contributed by atoms with Crippen molar-refractivity contribution in [3.8, 4) is 5.75 Å². The standard InChI is InChI=1S/C32H28N4O3S/c1-4-35-19-22(25-15-8-9-16-26(25)35)18-27-31(38)36-29(21-11-10-14-24(17-21)39-3)28(20(2)33-32(36)40-27)30(37)34-23-12-6-5-7-13-23/h5-19,29H,4H2,1-3H3,(H,34,37)/b27-18-/t29-/m0/s1. The lowest BCUT2D eigenvalue weighted by Crippen LogP contribution is -2.40. The Balaban J connectivity index is 1.54. The van der Waals surface area contributed by atoms with Gasteiger partial charge in [0.05, 0.1) is 29.0 Å². The fourth-order valence-electron chi connectivity index (χ4n) is 5.25. The number of aryl methyl sites for hydroxylation is 1. The molecule has 0 unspecified atom stereocenters. The summed E-state index contributed by atoms with van der Waals surface area (Å²) in [6.45, 7) is 4.74. The Morgan fingerprint density at radius 3 is 2.62 bits per heavy atom. The van der Waals surface area contributed by atoms with E-state index in [-0.39, 0.29) is 11.5 Å². The summed E-state index contributed by atoms with van der Waals surface area (Å²) in [5, 5.41) is 4.07. The van der Waals surface area contributed by atoms with E-state index in [1.54, 1.807) is 11.7 Å². The van der Waals surface area contributed by atoms with Gasteiger partial charge in [0.25, 0.3) is 11.5 Å². The summed E-state index contributed by atoms with van der Waals surface area (Å²) in [7, 11) is 1.60. The van der Waals surface area contributed by atoms with Crippen LogP contribution in [0.4, 0.5) is 5.69 Å². The lowest BCUT2D eigenvalue weighted by Gasteiger charge is -2.25. The van der Waals surface area contributed by atoms with E-state index in [2.05, 4.69) is 35.1 Å². The lowest BCUT2D eigenvalue weighted by molar-refractivity contribution is -0.113. The molecule has 1 N–H and O–H groups in total.